The molecule has 3 heterocycles. The van der Waals surface area contributed by atoms with Gasteiger partial charge in [-0.15, -0.1) is 0 Å². The van der Waals surface area contributed by atoms with E-state index in [9.17, 15) is 9.18 Å². The van der Waals surface area contributed by atoms with Crippen LogP contribution in [0.3, 0.4) is 0 Å². The van der Waals surface area contributed by atoms with E-state index < -0.39 is 5.82 Å². The molecule has 6 nitrogen and oxygen atoms in total. The second kappa shape index (κ2) is 9.27. The second-order valence-corrected chi connectivity index (χ2v) is 8.64. The van der Waals surface area contributed by atoms with Crippen molar-refractivity contribution in [3.63, 3.8) is 0 Å². The first-order valence-corrected chi connectivity index (χ1v) is 11.4. The molecular formula is C27H27FN4O2. The zero-order chi connectivity index (χ0) is 23.7. The van der Waals surface area contributed by atoms with Gasteiger partial charge in [-0.3, -0.25) is 9.48 Å². The number of hydrogen-bond donors (Lipinski definition) is 0. The Kier molecular flexibility index (Phi) is 6.02. The number of nitrogens with zero attached hydrogens (tertiary/aromatic N) is 4. The number of amides is 1. The van der Waals surface area contributed by atoms with Crippen molar-refractivity contribution in [3.8, 4) is 11.1 Å². The SMILES string of the molecule is C=CN(C(=O)c1cn(Cc2ccc(-c3cnn(C)c3)cc2)c2cccc(F)c12)C1CCOCC1. The van der Waals surface area contributed by atoms with Crippen molar-refractivity contribution in [1.82, 2.24) is 19.2 Å². The number of halogens is 1. The molecule has 0 radical (unpaired) electrons. The third-order valence-corrected chi connectivity index (χ3v) is 6.45. The molecule has 5 rings (SSSR count). The highest BCUT2D eigenvalue weighted by atomic mass is 19.1. The molecule has 0 unspecified atom stereocenters. The lowest BCUT2D eigenvalue weighted by Gasteiger charge is -2.31. The highest BCUT2D eigenvalue weighted by Gasteiger charge is 2.28. The van der Waals surface area contributed by atoms with E-state index in [0.29, 0.717) is 36.2 Å². The number of aromatic nitrogens is 3. The summed E-state index contributed by atoms with van der Waals surface area (Å²) in [6.45, 7) is 5.58. The van der Waals surface area contributed by atoms with Gasteiger partial charge >= 0.3 is 0 Å². The molecule has 2 aromatic heterocycles. The van der Waals surface area contributed by atoms with Crippen LogP contribution in [0.15, 0.2) is 73.8 Å². The zero-order valence-electron chi connectivity index (χ0n) is 19.2. The lowest BCUT2D eigenvalue weighted by Crippen LogP contribution is -2.39. The van der Waals surface area contributed by atoms with Gasteiger partial charge in [0.2, 0.25) is 0 Å². The summed E-state index contributed by atoms with van der Waals surface area (Å²) in [5.41, 5.74) is 4.22. The molecule has 1 saturated heterocycles. The average Bonchev–Trinajstić information content (AvgIpc) is 3.45. The summed E-state index contributed by atoms with van der Waals surface area (Å²) in [5.74, 6) is -0.634. The van der Waals surface area contributed by atoms with Gasteiger partial charge in [-0.05, 0) is 36.1 Å². The highest BCUT2D eigenvalue weighted by Crippen LogP contribution is 2.29. The van der Waals surface area contributed by atoms with Crippen LogP contribution in [0.25, 0.3) is 22.0 Å². The van der Waals surface area contributed by atoms with Gasteiger partial charge in [0.25, 0.3) is 5.91 Å². The molecule has 0 N–H and O–H groups in total. The van der Waals surface area contributed by atoms with E-state index in [1.165, 1.54) is 6.07 Å². The third-order valence-electron chi connectivity index (χ3n) is 6.45. The summed E-state index contributed by atoms with van der Waals surface area (Å²) in [6.07, 6.45) is 8.60. The van der Waals surface area contributed by atoms with Gasteiger partial charge in [-0.2, -0.15) is 5.10 Å². The molecule has 1 aliphatic heterocycles. The Morgan fingerprint density at radius 3 is 2.62 bits per heavy atom. The molecule has 34 heavy (non-hydrogen) atoms. The summed E-state index contributed by atoms with van der Waals surface area (Å²) < 4.78 is 24.1. The lowest BCUT2D eigenvalue weighted by molar-refractivity contribution is 0.0416. The second-order valence-electron chi connectivity index (χ2n) is 8.64. The molecule has 0 atom stereocenters. The first-order valence-electron chi connectivity index (χ1n) is 11.4. The summed E-state index contributed by atoms with van der Waals surface area (Å²) in [4.78, 5) is 15.2. The number of ether oxygens (including phenoxy) is 1. The van der Waals surface area contributed by atoms with Crippen molar-refractivity contribution in [3.05, 3.63) is 90.8 Å². The minimum absolute atomic E-state index is 0.00365. The van der Waals surface area contributed by atoms with Crippen molar-refractivity contribution in [2.45, 2.75) is 25.4 Å². The number of hydrogen-bond acceptors (Lipinski definition) is 3. The quantitative estimate of drug-likeness (QED) is 0.409. The molecule has 0 aliphatic carbocycles. The van der Waals surface area contributed by atoms with Gasteiger partial charge in [0.1, 0.15) is 5.82 Å². The normalized spacial score (nSPS) is 14.4. The first-order chi connectivity index (χ1) is 16.5. The van der Waals surface area contributed by atoms with E-state index in [2.05, 4.69) is 23.8 Å². The van der Waals surface area contributed by atoms with Gasteiger partial charge in [-0.1, -0.05) is 36.9 Å². The van der Waals surface area contributed by atoms with E-state index >= 15 is 0 Å². The molecule has 174 valence electrons. The molecule has 0 bridgehead atoms. The molecule has 7 heteroatoms. The minimum atomic E-state index is -0.400. The third kappa shape index (κ3) is 4.15. The van der Waals surface area contributed by atoms with Gasteiger partial charge in [-0.25, -0.2) is 4.39 Å². The molecule has 2 aromatic carbocycles. The monoisotopic (exact) mass is 458 g/mol. The maximum absolute atomic E-state index is 15.0. The van der Waals surface area contributed by atoms with Crippen LogP contribution in [0.2, 0.25) is 0 Å². The Bertz CT molecular complexity index is 1330. The Morgan fingerprint density at radius 2 is 1.94 bits per heavy atom. The molecular weight excluding hydrogens is 431 g/mol. The summed E-state index contributed by atoms with van der Waals surface area (Å²) in [7, 11) is 1.89. The van der Waals surface area contributed by atoms with Crippen molar-refractivity contribution in [2.75, 3.05) is 13.2 Å². The molecule has 1 fully saturated rings. The van der Waals surface area contributed by atoms with Crippen molar-refractivity contribution >= 4 is 16.8 Å². The minimum Gasteiger partial charge on any atom is -0.381 e. The van der Waals surface area contributed by atoms with Crippen molar-refractivity contribution in [1.29, 1.82) is 0 Å². The van der Waals surface area contributed by atoms with Crippen LogP contribution in [-0.2, 0) is 18.3 Å². The zero-order valence-corrected chi connectivity index (χ0v) is 19.2. The van der Waals surface area contributed by atoms with Gasteiger partial charge in [0, 0.05) is 62.4 Å². The lowest BCUT2D eigenvalue weighted by atomic mass is 10.1. The predicted molar refractivity (Wildman–Crippen MR) is 130 cm³/mol. The summed E-state index contributed by atoms with van der Waals surface area (Å²) in [6, 6.07) is 13.1. The molecule has 1 aliphatic rings. The Labute approximate surface area is 197 Å². The van der Waals surface area contributed by atoms with Crippen LogP contribution in [0, 0.1) is 5.82 Å². The maximum Gasteiger partial charge on any atom is 0.260 e. The van der Waals surface area contributed by atoms with E-state index in [4.69, 9.17) is 4.74 Å². The summed E-state index contributed by atoms with van der Waals surface area (Å²) in [5, 5.41) is 4.57. The highest BCUT2D eigenvalue weighted by molar-refractivity contribution is 6.07. The Balaban J connectivity index is 1.47. The van der Waals surface area contributed by atoms with Crippen LogP contribution in [0.1, 0.15) is 28.8 Å². The molecule has 0 saturated carbocycles. The smallest absolute Gasteiger partial charge is 0.260 e. The van der Waals surface area contributed by atoms with Crippen LogP contribution in [0.4, 0.5) is 4.39 Å². The largest absolute Gasteiger partial charge is 0.381 e. The van der Waals surface area contributed by atoms with Crippen LogP contribution < -0.4 is 0 Å². The maximum atomic E-state index is 15.0. The van der Waals surface area contributed by atoms with E-state index in [-0.39, 0.29) is 11.9 Å². The molecule has 4 aromatic rings. The van der Waals surface area contributed by atoms with Crippen LogP contribution in [-0.4, -0.2) is 44.4 Å². The van der Waals surface area contributed by atoms with E-state index in [1.54, 1.807) is 28.0 Å². The van der Waals surface area contributed by atoms with Crippen LogP contribution in [0.5, 0.6) is 0 Å². The molecule has 1 amide bonds. The standard InChI is InChI=1S/C27H27FN4O2/c1-3-32(22-11-13-34-14-12-22)27(33)23-18-31(25-6-4-5-24(28)26(23)25)16-19-7-9-20(10-8-19)21-15-29-30(2)17-21/h3-10,15,17-18,22H,1,11-14,16H2,2H3. The fourth-order valence-electron chi connectivity index (χ4n) is 4.67. The number of fused-ring (bicyclic) bond motifs is 1. The fraction of sp³-hybridized carbons (Fsp3) is 0.259. The number of rotatable bonds is 6. The predicted octanol–water partition coefficient (Wildman–Crippen LogP) is 4.99. The van der Waals surface area contributed by atoms with E-state index in [1.807, 2.05) is 42.2 Å². The molecule has 0 spiro atoms. The Hall–Kier alpha value is -3.71. The topological polar surface area (TPSA) is 52.3 Å². The Morgan fingerprint density at radius 1 is 1.18 bits per heavy atom. The number of benzene rings is 2. The van der Waals surface area contributed by atoms with Gasteiger partial charge in [0.05, 0.1) is 17.3 Å². The van der Waals surface area contributed by atoms with Gasteiger partial charge in [0.15, 0.2) is 0 Å². The summed E-state index contributed by atoms with van der Waals surface area (Å²) >= 11 is 0. The van der Waals surface area contributed by atoms with Crippen LogP contribution >= 0.6 is 0 Å². The van der Waals surface area contributed by atoms with Gasteiger partial charge < -0.3 is 14.2 Å². The number of carbonyl (C=O) groups is 1. The first kappa shape index (κ1) is 22.1. The number of aryl methyl sites for hydroxylation is 1. The average molecular weight is 459 g/mol. The number of carbonyl (C=O) groups excluding carboxylic acids is 1. The van der Waals surface area contributed by atoms with E-state index in [0.717, 1.165) is 29.5 Å². The van der Waals surface area contributed by atoms with Crippen molar-refractivity contribution < 1.29 is 13.9 Å². The fourth-order valence-corrected chi connectivity index (χ4v) is 4.67. The van der Waals surface area contributed by atoms with Crippen molar-refractivity contribution in [2.24, 2.45) is 7.05 Å².